The number of nitrogens with two attached hydrogens (primary N) is 1. The van der Waals surface area contributed by atoms with Crippen LogP contribution in [0.15, 0.2) is 28.7 Å². The van der Waals surface area contributed by atoms with Gasteiger partial charge in [-0.2, -0.15) is 0 Å². The Morgan fingerprint density at radius 3 is 2.56 bits per heavy atom. The van der Waals surface area contributed by atoms with Crippen molar-refractivity contribution < 1.29 is 4.79 Å². The van der Waals surface area contributed by atoms with E-state index in [9.17, 15) is 4.79 Å². The summed E-state index contributed by atoms with van der Waals surface area (Å²) in [6, 6.07) is 7.57. The van der Waals surface area contributed by atoms with E-state index in [-0.39, 0.29) is 11.9 Å². The Balaban J connectivity index is 1.91. The molecule has 1 atom stereocenters. The van der Waals surface area contributed by atoms with Gasteiger partial charge in [0.25, 0.3) is 0 Å². The van der Waals surface area contributed by atoms with Crippen LogP contribution in [0, 0.1) is 5.92 Å². The van der Waals surface area contributed by atoms with Crippen LogP contribution in [-0.2, 0) is 11.2 Å². The zero-order chi connectivity index (χ0) is 13.1. The minimum atomic E-state index is -0.136. The van der Waals surface area contributed by atoms with Crippen molar-refractivity contribution in [2.24, 2.45) is 11.7 Å². The molecule has 3 nitrogen and oxygen atoms in total. The van der Waals surface area contributed by atoms with Gasteiger partial charge in [-0.25, -0.2) is 0 Å². The van der Waals surface area contributed by atoms with Gasteiger partial charge in [0.1, 0.15) is 0 Å². The maximum atomic E-state index is 11.9. The van der Waals surface area contributed by atoms with Crippen molar-refractivity contribution in [3.8, 4) is 0 Å². The van der Waals surface area contributed by atoms with E-state index in [2.05, 4.69) is 21.2 Å². The summed E-state index contributed by atoms with van der Waals surface area (Å²) in [5, 5.41) is 2.92. The molecule has 3 N–H and O–H groups in total. The van der Waals surface area contributed by atoms with Gasteiger partial charge in [0.05, 0.1) is 17.5 Å². The molecule has 0 spiro atoms. The van der Waals surface area contributed by atoms with Crippen LogP contribution in [0.1, 0.15) is 18.4 Å². The van der Waals surface area contributed by atoms with Crippen molar-refractivity contribution in [3.63, 3.8) is 0 Å². The van der Waals surface area contributed by atoms with Crippen LogP contribution in [0.2, 0.25) is 0 Å². The Labute approximate surface area is 120 Å². The van der Waals surface area contributed by atoms with E-state index in [4.69, 9.17) is 18.0 Å². The number of rotatable bonds is 5. The summed E-state index contributed by atoms with van der Waals surface area (Å²) in [7, 11) is 0. The summed E-state index contributed by atoms with van der Waals surface area (Å²) >= 11 is 8.35. The van der Waals surface area contributed by atoms with Crippen LogP contribution in [-0.4, -0.2) is 16.9 Å². The predicted octanol–water partition coefficient (Wildman–Crippen LogP) is 2.17. The molecule has 0 heterocycles. The molecular formula is C13H15BrN2OS. The lowest BCUT2D eigenvalue weighted by molar-refractivity contribution is -0.120. The molecule has 2 rings (SSSR count). The number of nitrogens with one attached hydrogen (secondary N) is 1. The molecule has 1 aliphatic rings. The van der Waals surface area contributed by atoms with Crippen LogP contribution in [0.25, 0.3) is 0 Å². The van der Waals surface area contributed by atoms with Crippen LogP contribution >= 0.6 is 28.1 Å². The lowest BCUT2D eigenvalue weighted by atomic mass is 10.1. The number of benzene rings is 1. The van der Waals surface area contributed by atoms with Gasteiger partial charge >= 0.3 is 0 Å². The quantitative estimate of drug-likeness (QED) is 0.815. The van der Waals surface area contributed by atoms with E-state index >= 15 is 0 Å². The van der Waals surface area contributed by atoms with Crippen molar-refractivity contribution in [2.75, 3.05) is 0 Å². The third-order valence-corrected chi connectivity index (χ3v) is 3.78. The second-order valence-electron chi connectivity index (χ2n) is 4.59. The molecule has 1 amide bonds. The Hall–Kier alpha value is -0.940. The molecule has 96 valence electrons. The fourth-order valence-corrected chi connectivity index (χ4v) is 2.38. The molecule has 0 radical (unpaired) electrons. The highest BCUT2D eigenvalue weighted by Gasteiger charge is 2.33. The number of carbonyl (C=O) groups is 1. The Bertz CT molecular complexity index is 457. The summed E-state index contributed by atoms with van der Waals surface area (Å²) in [4.78, 5) is 12.3. The molecule has 0 bridgehead atoms. The topological polar surface area (TPSA) is 55.1 Å². The first kappa shape index (κ1) is 13.5. The maximum Gasteiger partial charge on any atom is 0.224 e. The fourth-order valence-electron chi connectivity index (χ4n) is 1.86. The molecule has 0 aliphatic heterocycles. The van der Waals surface area contributed by atoms with Gasteiger partial charge in [-0.1, -0.05) is 40.3 Å². The molecule has 1 saturated carbocycles. The minimum Gasteiger partial charge on any atom is -0.392 e. The van der Waals surface area contributed by atoms with Gasteiger partial charge in [-0.05, 0) is 36.5 Å². The number of halogens is 1. The minimum absolute atomic E-state index is 0.0259. The lowest BCUT2D eigenvalue weighted by Gasteiger charge is -2.16. The number of hydrogen-bond donors (Lipinski definition) is 2. The maximum absolute atomic E-state index is 11.9. The summed E-state index contributed by atoms with van der Waals surface area (Å²) < 4.78 is 1.01. The predicted molar refractivity (Wildman–Crippen MR) is 79.3 cm³/mol. The van der Waals surface area contributed by atoms with Gasteiger partial charge < -0.3 is 11.1 Å². The monoisotopic (exact) mass is 326 g/mol. The third-order valence-electron chi connectivity index (χ3n) is 2.99. The van der Waals surface area contributed by atoms with Gasteiger partial charge in [0.15, 0.2) is 0 Å². The van der Waals surface area contributed by atoms with Crippen LogP contribution in [0.4, 0.5) is 0 Å². The lowest BCUT2D eigenvalue weighted by Crippen LogP contribution is -2.45. The summed E-state index contributed by atoms with van der Waals surface area (Å²) in [5.74, 6) is 0.415. The summed E-state index contributed by atoms with van der Waals surface area (Å²) in [5.41, 5.74) is 6.63. The SMILES string of the molecule is NC(=S)C(NC(=O)Cc1ccc(Br)cc1)C1CC1. The standard InChI is InChI=1S/C13H15BrN2OS/c14-10-5-1-8(2-6-10)7-11(17)16-12(13(15)18)9-3-4-9/h1-2,5-6,9,12H,3-4,7H2,(H2,15,18)(H,16,17). The fraction of sp³-hybridized carbons (Fsp3) is 0.385. The zero-order valence-electron chi connectivity index (χ0n) is 9.86. The molecule has 1 aromatic rings. The van der Waals surface area contributed by atoms with Crippen molar-refractivity contribution in [1.29, 1.82) is 0 Å². The molecule has 1 aromatic carbocycles. The molecular weight excluding hydrogens is 312 g/mol. The number of amides is 1. The van der Waals surface area contributed by atoms with Crippen LogP contribution < -0.4 is 11.1 Å². The zero-order valence-corrected chi connectivity index (χ0v) is 12.3. The molecule has 0 aromatic heterocycles. The van der Waals surface area contributed by atoms with E-state index in [1.807, 2.05) is 24.3 Å². The molecule has 1 aliphatic carbocycles. The Morgan fingerprint density at radius 1 is 1.44 bits per heavy atom. The van der Waals surface area contributed by atoms with E-state index in [0.717, 1.165) is 22.9 Å². The van der Waals surface area contributed by atoms with E-state index in [1.165, 1.54) is 0 Å². The highest BCUT2D eigenvalue weighted by atomic mass is 79.9. The van der Waals surface area contributed by atoms with E-state index in [0.29, 0.717) is 17.3 Å². The Kier molecular flexibility index (Phi) is 4.35. The first-order chi connectivity index (χ1) is 8.56. The number of thiocarbonyl (C=S) groups is 1. The molecule has 18 heavy (non-hydrogen) atoms. The van der Waals surface area contributed by atoms with Gasteiger partial charge in [-0.3, -0.25) is 4.79 Å². The highest BCUT2D eigenvalue weighted by Crippen LogP contribution is 2.32. The first-order valence-corrected chi connectivity index (χ1v) is 7.09. The van der Waals surface area contributed by atoms with Crippen molar-refractivity contribution >= 4 is 39.0 Å². The first-order valence-electron chi connectivity index (χ1n) is 5.89. The van der Waals surface area contributed by atoms with E-state index < -0.39 is 0 Å². The largest absolute Gasteiger partial charge is 0.392 e. The second kappa shape index (κ2) is 5.80. The van der Waals surface area contributed by atoms with Gasteiger partial charge in [0.2, 0.25) is 5.91 Å². The van der Waals surface area contributed by atoms with Gasteiger partial charge in [-0.15, -0.1) is 0 Å². The van der Waals surface area contributed by atoms with Crippen LogP contribution in [0.5, 0.6) is 0 Å². The highest BCUT2D eigenvalue weighted by molar-refractivity contribution is 9.10. The van der Waals surface area contributed by atoms with Crippen molar-refractivity contribution in [2.45, 2.75) is 25.3 Å². The molecule has 1 unspecified atom stereocenters. The third kappa shape index (κ3) is 3.78. The van der Waals surface area contributed by atoms with Crippen LogP contribution in [0.3, 0.4) is 0 Å². The summed E-state index contributed by atoms with van der Waals surface area (Å²) in [6.45, 7) is 0. The Morgan fingerprint density at radius 2 is 2.06 bits per heavy atom. The number of carbonyl (C=O) groups excluding carboxylic acids is 1. The average molecular weight is 327 g/mol. The second-order valence-corrected chi connectivity index (χ2v) is 5.98. The average Bonchev–Trinajstić information content (AvgIpc) is 3.13. The number of hydrogen-bond acceptors (Lipinski definition) is 2. The smallest absolute Gasteiger partial charge is 0.224 e. The van der Waals surface area contributed by atoms with Gasteiger partial charge in [0, 0.05) is 4.47 Å². The van der Waals surface area contributed by atoms with Crippen molar-refractivity contribution in [1.82, 2.24) is 5.32 Å². The normalized spacial score (nSPS) is 16.1. The molecule has 5 heteroatoms. The molecule has 1 fully saturated rings. The van der Waals surface area contributed by atoms with Crippen molar-refractivity contribution in [3.05, 3.63) is 34.3 Å². The summed E-state index contributed by atoms with van der Waals surface area (Å²) in [6.07, 6.45) is 2.56. The molecule has 0 saturated heterocycles. The van der Waals surface area contributed by atoms with E-state index in [1.54, 1.807) is 0 Å².